The lowest BCUT2D eigenvalue weighted by atomic mass is 9.55. The fourth-order valence-corrected chi connectivity index (χ4v) is 27.5. The van der Waals surface area contributed by atoms with Gasteiger partial charge in [-0.05, 0) is 117 Å². The van der Waals surface area contributed by atoms with Gasteiger partial charge in [0, 0.05) is 21.1 Å². The van der Waals surface area contributed by atoms with Crippen molar-refractivity contribution in [3.05, 3.63) is 340 Å². The van der Waals surface area contributed by atoms with Crippen molar-refractivity contribution in [2.45, 2.75) is 10.8 Å². The topological polar surface area (TPSA) is 3.24 Å². The largest absolute Gasteiger partial charge is 0.302 e. The molecule has 2 aromatic heterocycles. The molecule has 354 valence electrons. The number of hydrogen-bond acceptors (Lipinski definition) is 3. The number of nitrogens with zero attached hydrogens (tertiary/aromatic N) is 1. The Bertz CT molecular complexity index is 3640. The first-order chi connectivity index (χ1) is 37.2. The molecule has 1 aliphatic carbocycles. The Kier molecular flexibility index (Phi) is 10.2. The SMILES string of the molecule is c1ccc(N(c2ccccc2)c2cc3c(s2)C2(c4ccccc4[Si](c4ccccc4)(c4ccccc4)c4ccccc42)c2ccsc2C32c3ccccc3[Si](c3ccccc3)(c3ccccc3)c3ccccc32)cc1. The summed E-state index contributed by atoms with van der Waals surface area (Å²) >= 11 is 3.94. The zero-order chi connectivity index (χ0) is 49.6. The fraction of sp³-hybridized carbons (Fsp3) is 0.0286. The van der Waals surface area contributed by atoms with Crippen molar-refractivity contribution in [1.29, 1.82) is 0 Å². The number of anilines is 3. The first kappa shape index (κ1) is 44.3. The second-order valence-corrected chi connectivity index (χ2v) is 29.6. The van der Waals surface area contributed by atoms with Crippen molar-refractivity contribution in [3.8, 4) is 0 Å². The second kappa shape index (κ2) is 17.2. The van der Waals surface area contributed by atoms with Crippen LogP contribution >= 0.6 is 22.7 Å². The molecule has 75 heavy (non-hydrogen) atoms. The highest BCUT2D eigenvalue weighted by atomic mass is 32.1. The van der Waals surface area contributed by atoms with Gasteiger partial charge in [-0.1, -0.05) is 255 Å². The summed E-state index contributed by atoms with van der Waals surface area (Å²) < 4.78 is 0. The molecule has 0 bridgehead atoms. The minimum absolute atomic E-state index is 0.681. The molecule has 1 nitrogen and oxygen atoms in total. The standard InChI is InChI=1S/C70H49NS2Si2/c1-7-27-50(28-8-1)71(51-29-9-2-10-30-51)66-49-61-68(73-66)69(56-39-19-23-43-62(56)74(52-31-11-3-12-32-52,53-33-13-4-14-34-53)63-44-24-20-40-57(63)69)60-47-48-72-67(60)70(61)58-41-21-25-45-64(58)75(54-35-15-5-16-36-54,55-37-17-6-18-38-55)65-46-26-22-42-59(65)70/h1-49H. The van der Waals surface area contributed by atoms with Gasteiger partial charge in [0.1, 0.15) is 5.00 Å². The molecule has 0 saturated heterocycles. The van der Waals surface area contributed by atoms with Crippen LogP contribution in [0.2, 0.25) is 0 Å². The molecular weight excluding hydrogens is 975 g/mol. The lowest BCUT2D eigenvalue weighted by Gasteiger charge is -2.56. The molecule has 2 spiro atoms. The summed E-state index contributed by atoms with van der Waals surface area (Å²) in [5.74, 6) is 0. The van der Waals surface area contributed by atoms with Crippen LogP contribution in [0.25, 0.3) is 0 Å². The lowest BCUT2D eigenvalue weighted by molar-refractivity contribution is 0.647. The molecule has 2 aliphatic heterocycles. The Hall–Kier alpha value is -8.17. The van der Waals surface area contributed by atoms with Crippen LogP contribution in [0.15, 0.2) is 297 Å². The molecule has 0 N–H and O–H groups in total. The van der Waals surface area contributed by atoms with E-state index in [1.165, 1.54) is 89.6 Å². The summed E-state index contributed by atoms with van der Waals surface area (Å²) in [5.41, 5.74) is 9.17. The Morgan fingerprint density at radius 3 is 0.947 bits per heavy atom. The van der Waals surface area contributed by atoms with E-state index in [2.05, 4.69) is 301 Å². The first-order valence-corrected chi connectivity index (χ1v) is 31.7. The van der Waals surface area contributed by atoms with Crippen LogP contribution in [-0.2, 0) is 10.8 Å². The van der Waals surface area contributed by atoms with Gasteiger partial charge in [-0.3, -0.25) is 0 Å². The summed E-state index contributed by atoms with van der Waals surface area (Å²) in [6.07, 6.45) is 0. The molecule has 0 amide bonds. The average Bonchev–Trinajstić information content (AvgIpc) is 4.18. The lowest BCUT2D eigenvalue weighted by Crippen LogP contribution is -2.80. The molecular formula is C70H49NS2Si2. The molecule has 10 aromatic carbocycles. The van der Waals surface area contributed by atoms with E-state index in [9.17, 15) is 0 Å². The molecule has 0 unspecified atom stereocenters. The Labute approximate surface area is 449 Å². The van der Waals surface area contributed by atoms with E-state index in [0.29, 0.717) is 0 Å². The van der Waals surface area contributed by atoms with Gasteiger partial charge in [-0.2, -0.15) is 0 Å². The van der Waals surface area contributed by atoms with E-state index in [4.69, 9.17) is 0 Å². The Balaban J connectivity index is 1.14. The van der Waals surface area contributed by atoms with Crippen LogP contribution in [0.3, 0.4) is 0 Å². The second-order valence-electron chi connectivity index (χ2n) is 20.1. The third kappa shape index (κ3) is 5.87. The molecule has 12 aromatic rings. The number of rotatable bonds is 7. The van der Waals surface area contributed by atoms with Crippen molar-refractivity contribution in [2.75, 3.05) is 4.90 Å². The predicted octanol–water partition coefficient (Wildman–Crippen LogP) is 11.7. The van der Waals surface area contributed by atoms with E-state index >= 15 is 0 Å². The highest BCUT2D eigenvalue weighted by molar-refractivity contribution is 7.22. The fourth-order valence-electron chi connectivity index (χ4n) is 14.3. The highest BCUT2D eigenvalue weighted by Crippen LogP contribution is 2.65. The van der Waals surface area contributed by atoms with Gasteiger partial charge in [0.05, 0.1) is 10.8 Å². The van der Waals surface area contributed by atoms with Gasteiger partial charge in [-0.25, -0.2) is 0 Å². The predicted molar refractivity (Wildman–Crippen MR) is 321 cm³/mol. The van der Waals surface area contributed by atoms with Gasteiger partial charge >= 0.3 is 0 Å². The first-order valence-electron chi connectivity index (χ1n) is 26.0. The number of fused-ring (bicyclic) bond motifs is 14. The molecule has 3 aliphatic rings. The summed E-state index contributed by atoms with van der Waals surface area (Å²) in [6, 6.07) is 112. The van der Waals surface area contributed by atoms with Crippen molar-refractivity contribution in [2.24, 2.45) is 0 Å². The third-order valence-electron chi connectivity index (χ3n) is 16.9. The summed E-state index contributed by atoms with van der Waals surface area (Å²) in [7, 11) is -5.97. The Morgan fingerprint density at radius 1 is 0.280 bits per heavy atom. The van der Waals surface area contributed by atoms with E-state index < -0.39 is 27.0 Å². The van der Waals surface area contributed by atoms with Crippen LogP contribution in [0.1, 0.15) is 43.1 Å². The zero-order valence-electron chi connectivity index (χ0n) is 41.1. The molecule has 0 saturated carbocycles. The number of hydrogen-bond donors (Lipinski definition) is 0. The summed E-state index contributed by atoms with van der Waals surface area (Å²) in [6.45, 7) is 0. The molecule has 15 rings (SSSR count). The highest BCUT2D eigenvalue weighted by Gasteiger charge is 2.65. The van der Waals surface area contributed by atoms with Crippen LogP contribution in [0.4, 0.5) is 16.4 Å². The van der Waals surface area contributed by atoms with Crippen LogP contribution in [0.5, 0.6) is 0 Å². The van der Waals surface area contributed by atoms with Gasteiger partial charge < -0.3 is 4.90 Å². The average molecular weight is 1020 g/mol. The van der Waals surface area contributed by atoms with E-state index in [1.54, 1.807) is 0 Å². The quantitative estimate of drug-likeness (QED) is 0.144. The van der Waals surface area contributed by atoms with Gasteiger partial charge in [0.25, 0.3) is 0 Å². The minimum atomic E-state index is -2.98. The maximum absolute atomic E-state index is 2.98. The third-order valence-corrected chi connectivity index (χ3v) is 28.9. The van der Waals surface area contributed by atoms with E-state index in [1.807, 2.05) is 22.7 Å². The molecule has 0 atom stereocenters. The maximum atomic E-state index is 2.64. The minimum Gasteiger partial charge on any atom is -0.302 e. The number of benzene rings is 10. The smallest absolute Gasteiger partial charge is 0.180 e. The van der Waals surface area contributed by atoms with Crippen LogP contribution < -0.4 is 46.4 Å². The van der Waals surface area contributed by atoms with Gasteiger partial charge in [-0.15, -0.1) is 22.7 Å². The van der Waals surface area contributed by atoms with Gasteiger partial charge in [0.15, 0.2) is 16.1 Å². The Morgan fingerprint density at radius 2 is 0.587 bits per heavy atom. The molecule has 5 heteroatoms. The van der Waals surface area contributed by atoms with Crippen molar-refractivity contribution >= 4 is 96.7 Å². The van der Waals surface area contributed by atoms with Crippen molar-refractivity contribution in [1.82, 2.24) is 0 Å². The summed E-state index contributed by atoms with van der Waals surface area (Å²) in [4.78, 5) is 5.29. The monoisotopic (exact) mass is 1020 g/mol. The van der Waals surface area contributed by atoms with Gasteiger partial charge in [0.2, 0.25) is 0 Å². The van der Waals surface area contributed by atoms with Crippen LogP contribution in [0, 0.1) is 0 Å². The zero-order valence-corrected chi connectivity index (χ0v) is 44.7. The molecule has 0 fully saturated rings. The summed E-state index contributed by atoms with van der Waals surface area (Å²) in [5, 5.41) is 15.0. The number of thiophene rings is 2. The molecule has 0 radical (unpaired) electrons. The maximum Gasteiger partial charge on any atom is 0.180 e. The van der Waals surface area contributed by atoms with Crippen molar-refractivity contribution in [3.63, 3.8) is 0 Å². The van der Waals surface area contributed by atoms with E-state index in [-0.39, 0.29) is 0 Å². The number of para-hydroxylation sites is 2. The molecule has 4 heterocycles. The van der Waals surface area contributed by atoms with Crippen molar-refractivity contribution < 1.29 is 0 Å². The van der Waals surface area contributed by atoms with E-state index in [0.717, 1.165) is 11.4 Å². The van der Waals surface area contributed by atoms with Crippen LogP contribution in [-0.4, -0.2) is 16.1 Å². The normalized spacial score (nSPS) is 15.4.